The molecule has 3 rings (SSSR count). The largest absolute Gasteiger partial charge is 0.398 e. The summed E-state index contributed by atoms with van der Waals surface area (Å²) in [5.41, 5.74) is 6.83. The van der Waals surface area contributed by atoms with Gasteiger partial charge < -0.3 is 15.2 Å². The molecule has 1 aromatic rings. The number of ether oxygens (including phenoxy) is 2. The molecule has 2 aliphatic heterocycles. The SMILES string of the molecule is Cc1cccc(N)c1S(=O)(=O)N1CCCC2(C1)OCCO2. The van der Waals surface area contributed by atoms with Crippen LogP contribution in [0, 0.1) is 6.92 Å². The van der Waals surface area contributed by atoms with E-state index in [1.54, 1.807) is 25.1 Å². The van der Waals surface area contributed by atoms with Crippen molar-refractivity contribution in [1.29, 1.82) is 0 Å². The fourth-order valence-electron chi connectivity index (χ4n) is 3.05. The van der Waals surface area contributed by atoms with Crippen molar-refractivity contribution in [3.05, 3.63) is 23.8 Å². The van der Waals surface area contributed by atoms with Crippen molar-refractivity contribution in [3.8, 4) is 0 Å². The molecule has 1 aromatic carbocycles. The molecule has 0 radical (unpaired) electrons. The number of aryl methyl sites for hydroxylation is 1. The van der Waals surface area contributed by atoms with Crippen LogP contribution < -0.4 is 5.73 Å². The number of anilines is 1. The number of benzene rings is 1. The number of nitrogen functional groups attached to an aromatic ring is 1. The lowest BCUT2D eigenvalue weighted by Gasteiger charge is -2.38. The number of piperidine rings is 1. The lowest BCUT2D eigenvalue weighted by atomic mass is 10.1. The van der Waals surface area contributed by atoms with Gasteiger partial charge in [-0.25, -0.2) is 8.42 Å². The zero-order valence-electron chi connectivity index (χ0n) is 12.0. The van der Waals surface area contributed by atoms with Crippen molar-refractivity contribution < 1.29 is 17.9 Å². The Bertz CT molecular complexity index is 618. The van der Waals surface area contributed by atoms with E-state index in [1.165, 1.54) is 4.31 Å². The highest BCUT2D eigenvalue weighted by Gasteiger charge is 2.44. The van der Waals surface area contributed by atoms with Crippen LogP contribution in [0.3, 0.4) is 0 Å². The molecule has 0 aromatic heterocycles. The van der Waals surface area contributed by atoms with E-state index >= 15 is 0 Å². The Kier molecular flexibility index (Phi) is 3.69. The minimum atomic E-state index is -3.64. The molecular weight excluding hydrogens is 292 g/mol. The average molecular weight is 312 g/mol. The molecule has 1 spiro atoms. The first-order valence-corrected chi connectivity index (χ1v) is 8.52. The summed E-state index contributed by atoms with van der Waals surface area (Å²) < 4.78 is 38.5. The summed E-state index contributed by atoms with van der Waals surface area (Å²) in [5.74, 6) is -0.775. The second-order valence-electron chi connectivity index (χ2n) is 5.54. The van der Waals surface area contributed by atoms with Crippen LogP contribution >= 0.6 is 0 Å². The topological polar surface area (TPSA) is 81.9 Å². The maximum atomic E-state index is 12.9. The summed E-state index contributed by atoms with van der Waals surface area (Å²) >= 11 is 0. The summed E-state index contributed by atoms with van der Waals surface area (Å²) in [4.78, 5) is 0.194. The number of nitrogens with zero attached hydrogens (tertiary/aromatic N) is 1. The highest BCUT2D eigenvalue weighted by Crippen LogP contribution is 2.34. The van der Waals surface area contributed by atoms with E-state index in [9.17, 15) is 8.42 Å². The van der Waals surface area contributed by atoms with Gasteiger partial charge in [0.15, 0.2) is 5.79 Å². The molecule has 21 heavy (non-hydrogen) atoms. The van der Waals surface area contributed by atoms with Gasteiger partial charge >= 0.3 is 0 Å². The first-order chi connectivity index (χ1) is 9.95. The molecule has 0 atom stereocenters. The molecule has 2 heterocycles. The van der Waals surface area contributed by atoms with E-state index in [0.29, 0.717) is 31.7 Å². The minimum Gasteiger partial charge on any atom is -0.398 e. The summed E-state index contributed by atoms with van der Waals surface area (Å²) in [6.45, 7) is 3.47. The molecule has 0 amide bonds. The molecule has 0 saturated carbocycles. The lowest BCUT2D eigenvalue weighted by molar-refractivity contribution is -0.179. The first-order valence-electron chi connectivity index (χ1n) is 7.08. The average Bonchev–Trinajstić information content (AvgIpc) is 2.86. The van der Waals surface area contributed by atoms with Crippen molar-refractivity contribution in [2.75, 3.05) is 32.0 Å². The Labute approximate surface area is 124 Å². The number of nitrogens with two attached hydrogens (primary N) is 1. The Morgan fingerprint density at radius 1 is 1.29 bits per heavy atom. The summed E-state index contributed by atoms with van der Waals surface area (Å²) in [5, 5.41) is 0. The maximum Gasteiger partial charge on any atom is 0.245 e. The lowest BCUT2D eigenvalue weighted by Crippen LogP contribution is -2.51. The third-order valence-corrected chi connectivity index (χ3v) is 6.10. The van der Waals surface area contributed by atoms with Crippen LogP contribution in [0.4, 0.5) is 5.69 Å². The van der Waals surface area contributed by atoms with Crippen LogP contribution in [0.25, 0.3) is 0 Å². The Hall–Kier alpha value is -1.15. The predicted molar refractivity (Wildman–Crippen MR) is 78.2 cm³/mol. The van der Waals surface area contributed by atoms with E-state index in [2.05, 4.69) is 0 Å². The van der Waals surface area contributed by atoms with Crippen LogP contribution in [-0.2, 0) is 19.5 Å². The number of hydrogen-bond donors (Lipinski definition) is 1. The van der Waals surface area contributed by atoms with E-state index in [-0.39, 0.29) is 17.1 Å². The highest BCUT2D eigenvalue weighted by atomic mass is 32.2. The predicted octanol–water partition coefficient (Wildman–Crippen LogP) is 1.10. The van der Waals surface area contributed by atoms with Gasteiger partial charge in [-0.2, -0.15) is 4.31 Å². The highest BCUT2D eigenvalue weighted by molar-refractivity contribution is 7.89. The van der Waals surface area contributed by atoms with Crippen LogP contribution in [0.15, 0.2) is 23.1 Å². The molecule has 0 aliphatic carbocycles. The van der Waals surface area contributed by atoms with E-state index in [1.807, 2.05) is 0 Å². The zero-order chi connectivity index (χ0) is 15.1. The monoisotopic (exact) mass is 312 g/mol. The van der Waals surface area contributed by atoms with Gasteiger partial charge in [-0.05, 0) is 25.0 Å². The van der Waals surface area contributed by atoms with Crippen molar-refractivity contribution in [2.45, 2.75) is 30.4 Å². The molecule has 6 nitrogen and oxygen atoms in total. The molecule has 2 aliphatic rings. The normalized spacial score (nSPS) is 22.7. The van der Waals surface area contributed by atoms with E-state index < -0.39 is 15.8 Å². The fourth-order valence-corrected chi connectivity index (χ4v) is 4.88. The van der Waals surface area contributed by atoms with Gasteiger partial charge in [-0.3, -0.25) is 0 Å². The second kappa shape index (κ2) is 5.24. The van der Waals surface area contributed by atoms with Crippen LogP contribution in [0.5, 0.6) is 0 Å². The molecular formula is C14H20N2O4S. The van der Waals surface area contributed by atoms with Crippen molar-refractivity contribution in [2.24, 2.45) is 0 Å². The van der Waals surface area contributed by atoms with Crippen molar-refractivity contribution >= 4 is 15.7 Å². The Morgan fingerprint density at radius 3 is 2.67 bits per heavy atom. The number of sulfonamides is 1. The molecule has 0 bridgehead atoms. The molecule has 7 heteroatoms. The van der Waals surface area contributed by atoms with Crippen LogP contribution in [0.1, 0.15) is 18.4 Å². The van der Waals surface area contributed by atoms with E-state index in [0.717, 1.165) is 6.42 Å². The molecule has 116 valence electrons. The Morgan fingerprint density at radius 2 is 2.00 bits per heavy atom. The maximum absolute atomic E-state index is 12.9. The molecule has 2 fully saturated rings. The fraction of sp³-hybridized carbons (Fsp3) is 0.571. The van der Waals surface area contributed by atoms with Gasteiger partial charge in [0, 0.05) is 13.0 Å². The summed E-state index contributed by atoms with van der Waals surface area (Å²) in [6.07, 6.45) is 1.44. The van der Waals surface area contributed by atoms with Gasteiger partial charge in [-0.15, -0.1) is 0 Å². The quantitative estimate of drug-likeness (QED) is 0.827. The first kappa shape index (κ1) is 14.8. The van der Waals surface area contributed by atoms with Crippen LogP contribution in [-0.4, -0.2) is 44.8 Å². The third-order valence-electron chi connectivity index (χ3n) is 4.04. The molecule has 0 unspecified atom stereocenters. The Balaban J connectivity index is 1.95. The van der Waals surface area contributed by atoms with Crippen molar-refractivity contribution in [1.82, 2.24) is 4.31 Å². The van der Waals surface area contributed by atoms with Gasteiger partial charge in [0.05, 0.1) is 25.4 Å². The third kappa shape index (κ3) is 2.55. The van der Waals surface area contributed by atoms with Crippen molar-refractivity contribution in [3.63, 3.8) is 0 Å². The van der Waals surface area contributed by atoms with Gasteiger partial charge in [0.2, 0.25) is 10.0 Å². The zero-order valence-corrected chi connectivity index (χ0v) is 12.9. The van der Waals surface area contributed by atoms with Crippen LogP contribution in [0.2, 0.25) is 0 Å². The van der Waals surface area contributed by atoms with Gasteiger partial charge in [0.25, 0.3) is 0 Å². The van der Waals surface area contributed by atoms with E-state index in [4.69, 9.17) is 15.2 Å². The van der Waals surface area contributed by atoms with Gasteiger partial charge in [0.1, 0.15) is 4.90 Å². The number of rotatable bonds is 2. The summed E-state index contributed by atoms with van der Waals surface area (Å²) in [7, 11) is -3.64. The minimum absolute atomic E-state index is 0.194. The molecule has 2 saturated heterocycles. The number of hydrogen-bond acceptors (Lipinski definition) is 5. The smallest absolute Gasteiger partial charge is 0.245 e. The standard InChI is InChI=1S/C14H20N2O4S/c1-11-4-2-5-12(15)13(11)21(17,18)16-7-3-6-14(10-16)19-8-9-20-14/h2,4-5H,3,6-10,15H2,1H3. The van der Waals surface area contributed by atoms with Gasteiger partial charge in [-0.1, -0.05) is 12.1 Å². The summed E-state index contributed by atoms with van der Waals surface area (Å²) in [6, 6.07) is 5.12. The second-order valence-corrected chi connectivity index (χ2v) is 7.42. The molecule has 2 N–H and O–H groups in total.